The summed E-state index contributed by atoms with van der Waals surface area (Å²) in [6.07, 6.45) is -8.28. The van der Waals surface area contributed by atoms with Crippen LogP contribution >= 0.6 is 0 Å². The molecular weight excluding hydrogens is 547 g/mol. The van der Waals surface area contributed by atoms with Crippen LogP contribution in [0.25, 0.3) is 17.1 Å². The predicted octanol–water partition coefficient (Wildman–Crippen LogP) is 3.85. The van der Waals surface area contributed by atoms with Crippen molar-refractivity contribution in [3.63, 3.8) is 0 Å². The molecule has 0 aromatic carbocycles. The minimum absolute atomic E-state index is 0.0107. The molecule has 206 valence electrons. The van der Waals surface area contributed by atoms with E-state index in [9.17, 15) is 39.2 Å². The monoisotopic (exact) mass is 567 g/mol. The molecule has 38 heavy (non-hydrogen) atoms. The summed E-state index contributed by atoms with van der Waals surface area (Å²) in [5, 5.41) is 2.59. The second-order valence-electron chi connectivity index (χ2n) is 8.61. The van der Waals surface area contributed by atoms with Crippen LogP contribution in [0.15, 0.2) is 30.9 Å². The van der Waals surface area contributed by atoms with Crippen molar-refractivity contribution in [3.8, 4) is 17.1 Å². The standard InChI is InChI=1S/C21H20F7N7O2S/c1-11-3-4-16(18(31-11)21(26,27)28)34-9-15(30-10-34)17-12(20(23,24)25)7-29-19(33-17)32-14-5-6-35(8-13(14)22)38(2,36)37/h3-4,7,9-10,13-14H,5-6,8H2,1-2H3,(H,29,32,33)/t13-,14+/m1/s1. The lowest BCUT2D eigenvalue weighted by molar-refractivity contribution is -0.141. The molecule has 0 aliphatic carbocycles. The highest BCUT2D eigenvalue weighted by Gasteiger charge is 2.39. The van der Waals surface area contributed by atoms with Crippen LogP contribution in [0.5, 0.6) is 0 Å². The maximum Gasteiger partial charge on any atom is 0.435 e. The van der Waals surface area contributed by atoms with E-state index in [1.807, 2.05) is 0 Å². The Morgan fingerprint density at radius 2 is 1.76 bits per heavy atom. The Morgan fingerprint density at radius 3 is 2.37 bits per heavy atom. The summed E-state index contributed by atoms with van der Waals surface area (Å²) < 4.78 is 121. The smallest absolute Gasteiger partial charge is 0.348 e. The molecule has 0 amide bonds. The fourth-order valence-electron chi connectivity index (χ4n) is 3.90. The molecule has 2 atom stereocenters. The van der Waals surface area contributed by atoms with Gasteiger partial charge in [-0.05, 0) is 25.5 Å². The molecule has 1 aliphatic heterocycles. The number of aromatic nitrogens is 5. The van der Waals surface area contributed by atoms with Gasteiger partial charge in [0.15, 0.2) is 5.69 Å². The van der Waals surface area contributed by atoms with Crippen molar-refractivity contribution < 1.29 is 39.2 Å². The van der Waals surface area contributed by atoms with Crippen LogP contribution in [-0.4, -0.2) is 68.8 Å². The van der Waals surface area contributed by atoms with E-state index in [1.165, 1.54) is 13.0 Å². The van der Waals surface area contributed by atoms with E-state index in [0.29, 0.717) is 6.20 Å². The third-order valence-corrected chi connectivity index (χ3v) is 7.04. The van der Waals surface area contributed by atoms with E-state index in [0.717, 1.165) is 33.7 Å². The SMILES string of the molecule is Cc1ccc(-n2cnc(-c3nc(N[C@H]4CCN(S(C)(=O)=O)C[C@H]4F)ncc3C(F)(F)F)c2)c(C(F)(F)F)n1. The molecule has 4 heterocycles. The average Bonchev–Trinajstić information content (AvgIpc) is 3.28. The van der Waals surface area contributed by atoms with Gasteiger partial charge in [0.1, 0.15) is 29.5 Å². The lowest BCUT2D eigenvalue weighted by atomic mass is 10.1. The fourth-order valence-corrected chi connectivity index (χ4v) is 4.75. The molecule has 0 saturated carbocycles. The summed E-state index contributed by atoms with van der Waals surface area (Å²) in [4.78, 5) is 14.8. The number of pyridine rings is 1. The molecule has 1 N–H and O–H groups in total. The Balaban J connectivity index is 1.69. The first-order chi connectivity index (χ1) is 17.5. The van der Waals surface area contributed by atoms with Gasteiger partial charge >= 0.3 is 12.4 Å². The van der Waals surface area contributed by atoms with Crippen molar-refractivity contribution in [1.29, 1.82) is 0 Å². The third-order valence-electron chi connectivity index (χ3n) is 5.77. The van der Waals surface area contributed by atoms with Gasteiger partial charge in [-0.3, -0.25) is 0 Å². The Morgan fingerprint density at radius 1 is 1.05 bits per heavy atom. The highest BCUT2D eigenvalue weighted by Crippen LogP contribution is 2.37. The van der Waals surface area contributed by atoms with Crippen LogP contribution in [0.4, 0.5) is 36.7 Å². The number of hydrogen-bond acceptors (Lipinski definition) is 7. The molecule has 4 rings (SSSR count). The summed E-state index contributed by atoms with van der Waals surface area (Å²) in [5.74, 6) is -0.393. The minimum atomic E-state index is -4.94. The highest BCUT2D eigenvalue weighted by molar-refractivity contribution is 7.88. The Hall–Kier alpha value is -3.34. The molecule has 9 nitrogen and oxygen atoms in total. The number of nitrogens with zero attached hydrogens (tertiary/aromatic N) is 6. The zero-order valence-electron chi connectivity index (χ0n) is 19.7. The maximum absolute atomic E-state index is 14.6. The van der Waals surface area contributed by atoms with Gasteiger partial charge in [-0.1, -0.05) is 0 Å². The molecule has 0 bridgehead atoms. The minimum Gasteiger partial charge on any atom is -0.348 e. The summed E-state index contributed by atoms with van der Waals surface area (Å²) in [6.45, 7) is 0.873. The lowest BCUT2D eigenvalue weighted by Crippen LogP contribution is -2.49. The van der Waals surface area contributed by atoms with Crippen LogP contribution in [0.3, 0.4) is 0 Å². The molecule has 17 heteroatoms. The number of aryl methyl sites for hydroxylation is 1. The first kappa shape index (κ1) is 27.7. The van der Waals surface area contributed by atoms with Crippen LogP contribution < -0.4 is 5.32 Å². The van der Waals surface area contributed by atoms with Gasteiger partial charge < -0.3 is 9.88 Å². The van der Waals surface area contributed by atoms with Gasteiger partial charge in [0, 0.05) is 31.2 Å². The van der Waals surface area contributed by atoms with Crippen molar-refractivity contribution in [2.75, 3.05) is 24.7 Å². The largest absolute Gasteiger partial charge is 0.435 e. The normalized spacial score (nSPS) is 19.5. The van der Waals surface area contributed by atoms with Crippen molar-refractivity contribution in [1.82, 2.24) is 28.8 Å². The maximum atomic E-state index is 14.6. The number of sulfonamides is 1. The van der Waals surface area contributed by atoms with Gasteiger partial charge in [-0.25, -0.2) is 32.7 Å². The molecule has 3 aromatic heterocycles. The van der Waals surface area contributed by atoms with E-state index in [1.54, 1.807) is 0 Å². The number of imidazole rings is 1. The summed E-state index contributed by atoms with van der Waals surface area (Å²) in [5.41, 5.74) is -4.10. The van der Waals surface area contributed by atoms with Gasteiger partial charge in [-0.15, -0.1) is 0 Å². The number of rotatable bonds is 5. The zero-order valence-corrected chi connectivity index (χ0v) is 20.5. The van der Waals surface area contributed by atoms with E-state index in [4.69, 9.17) is 0 Å². The molecule has 0 unspecified atom stereocenters. The zero-order chi connectivity index (χ0) is 28.0. The second kappa shape index (κ2) is 9.76. The van der Waals surface area contributed by atoms with Crippen LogP contribution in [0, 0.1) is 6.92 Å². The van der Waals surface area contributed by atoms with Crippen LogP contribution in [0.1, 0.15) is 23.4 Å². The average molecular weight is 567 g/mol. The number of hydrogen-bond donors (Lipinski definition) is 1. The fraction of sp³-hybridized carbons (Fsp3) is 0.429. The molecule has 1 fully saturated rings. The Bertz CT molecular complexity index is 1440. The van der Waals surface area contributed by atoms with Gasteiger partial charge in [0.25, 0.3) is 0 Å². The summed E-state index contributed by atoms with van der Waals surface area (Å²) in [7, 11) is -3.63. The number of halogens is 7. The topological polar surface area (TPSA) is 106 Å². The predicted molar refractivity (Wildman–Crippen MR) is 120 cm³/mol. The second-order valence-corrected chi connectivity index (χ2v) is 10.6. The van der Waals surface area contributed by atoms with E-state index in [-0.39, 0.29) is 18.7 Å². The number of nitrogens with one attached hydrogen (secondary N) is 1. The molecule has 3 aromatic rings. The molecular formula is C21H20F7N7O2S. The Kier molecular flexibility index (Phi) is 7.11. The number of alkyl halides is 7. The third kappa shape index (κ3) is 5.87. The first-order valence-electron chi connectivity index (χ1n) is 10.9. The highest BCUT2D eigenvalue weighted by atomic mass is 32.2. The van der Waals surface area contributed by atoms with Crippen molar-refractivity contribution >= 4 is 16.0 Å². The van der Waals surface area contributed by atoms with Gasteiger partial charge in [0.2, 0.25) is 16.0 Å². The van der Waals surface area contributed by atoms with Crippen LogP contribution in [-0.2, 0) is 22.4 Å². The van der Waals surface area contributed by atoms with Crippen molar-refractivity contribution in [3.05, 3.63) is 47.8 Å². The quantitative estimate of drug-likeness (QED) is 0.467. The summed E-state index contributed by atoms with van der Waals surface area (Å²) in [6, 6.07) is 1.42. The Labute approximate surface area is 211 Å². The van der Waals surface area contributed by atoms with E-state index >= 15 is 0 Å². The van der Waals surface area contributed by atoms with Gasteiger partial charge in [-0.2, -0.15) is 30.6 Å². The van der Waals surface area contributed by atoms with Crippen molar-refractivity contribution in [2.24, 2.45) is 0 Å². The molecule has 1 saturated heterocycles. The van der Waals surface area contributed by atoms with E-state index in [2.05, 4.69) is 25.3 Å². The number of anilines is 1. The first-order valence-corrected chi connectivity index (χ1v) is 12.8. The van der Waals surface area contributed by atoms with Gasteiger partial charge in [0.05, 0.1) is 18.0 Å². The number of piperidine rings is 1. The molecule has 0 radical (unpaired) electrons. The molecule has 1 aliphatic rings. The molecule has 0 spiro atoms. The summed E-state index contributed by atoms with van der Waals surface area (Å²) >= 11 is 0. The van der Waals surface area contributed by atoms with Crippen LogP contribution in [0.2, 0.25) is 0 Å². The van der Waals surface area contributed by atoms with Crippen molar-refractivity contribution in [2.45, 2.75) is 37.9 Å². The van der Waals surface area contributed by atoms with E-state index < -0.39 is 75.4 Å². The lowest BCUT2D eigenvalue weighted by Gasteiger charge is -2.33.